The second-order valence-corrected chi connectivity index (χ2v) is 3.02. The van der Waals surface area contributed by atoms with E-state index in [0.29, 0.717) is 6.07 Å². The molecule has 90 valence electrons. The molecular formula is C9H6F6O. The van der Waals surface area contributed by atoms with Crippen LogP contribution >= 0.6 is 0 Å². The molecule has 0 aliphatic rings. The van der Waals surface area contributed by atoms with Crippen LogP contribution in [0.5, 0.6) is 5.75 Å². The van der Waals surface area contributed by atoms with E-state index >= 15 is 0 Å². The van der Waals surface area contributed by atoms with Gasteiger partial charge in [0.05, 0.1) is 5.56 Å². The van der Waals surface area contributed by atoms with Crippen LogP contribution in [0.4, 0.5) is 26.3 Å². The monoisotopic (exact) mass is 244 g/mol. The third kappa shape index (κ3) is 3.32. The molecule has 0 unspecified atom stereocenters. The minimum atomic E-state index is -5.00. The number of alkyl halides is 6. The maximum absolute atomic E-state index is 12.3. The third-order valence-corrected chi connectivity index (χ3v) is 1.75. The van der Waals surface area contributed by atoms with Gasteiger partial charge < -0.3 is 4.74 Å². The van der Waals surface area contributed by atoms with Crippen molar-refractivity contribution >= 4 is 0 Å². The van der Waals surface area contributed by atoms with Gasteiger partial charge in [0.15, 0.2) is 0 Å². The van der Waals surface area contributed by atoms with E-state index in [1.54, 1.807) is 0 Å². The van der Waals surface area contributed by atoms with E-state index in [4.69, 9.17) is 0 Å². The molecule has 0 saturated heterocycles. The fourth-order valence-corrected chi connectivity index (χ4v) is 1.10. The molecule has 0 heterocycles. The zero-order chi connectivity index (χ0) is 12.6. The molecule has 0 fully saturated rings. The number of ether oxygens (including phenoxy) is 1. The molecule has 1 aromatic carbocycles. The summed E-state index contributed by atoms with van der Waals surface area (Å²) in [6, 6.07) is 2.07. The summed E-state index contributed by atoms with van der Waals surface area (Å²) < 4.78 is 75.7. The Hall–Kier alpha value is -1.40. The van der Waals surface area contributed by atoms with Gasteiger partial charge in [0.25, 0.3) is 0 Å². The highest BCUT2D eigenvalue weighted by molar-refractivity contribution is 5.36. The molecule has 7 heteroatoms. The van der Waals surface area contributed by atoms with Gasteiger partial charge in [0.1, 0.15) is 5.75 Å². The van der Waals surface area contributed by atoms with Crippen molar-refractivity contribution in [2.45, 2.75) is 19.5 Å². The lowest BCUT2D eigenvalue weighted by Gasteiger charge is -2.13. The number of halogens is 6. The van der Waals surface area contributed by atoms with Gasteiger partial charge in [-0.3, -0.25) is 0 Å². The molecular weight excluding hydrogens is 238 g/mol. The maximum Gasteiger partial charge on any atom is 0.573 e. The second-order valence-electron chi connectivity index (χ2n) is 3.02. The van der Waals surface area contributed by atoms with Gasteiger partial charge >= 0.3 is 12.5 Å². The van der Waals surface area contributed by atoms with E-state index in [2.05, 4.69) is 4.74 Å². The summed E-state index contributed by atoms with van der Waals surface area (Å²) in [7, 11) is 0. The number of hydrogen-bond acceptors (Lipinski definition) is 1. The van der Waals surface area contributed by atoms with Crippen molar-refractivity contribution in [3.05, 3.63) is 29.3 Å². The quantitative estimate of drug-likeness (QED) is 0.680. The zero-order valence-electron chi connectivity index (χ0n) is 7.91. The second kappa shape index (κ2) is 3.88. The van der Waals surface area contributed by atoms with Gasteiger partial charge in [-0.2, -0.15) is 13.2 Å². The molecule has 0 aromatic heterocycles. The lowest BCUT2D eigenvalue weighted by molar-refractivity contribution is -0.274. The molecule has 16 heavy (non-hydrogen) atoms. The van der Waals surface area contributed by atoms with Gasteiger partial charge in [-0.15, -0.1) is 13.2 Å². The van der Waals surface area contributed by atoms with Crippen LogP contribution < -0.4 is 4.74 Å². The summed E-state index contributed by atoms with van der Waals surface area (Å²) in [4.78, 5) is 0. The van der Waals surface area contributed by atoms with Crippen LogP contribution in [0.15, 0.2) is 18.2 Å². The molecule has 1 aromatic rings. The molecule has 0 spiro atoms. The smallest absolute Gasteiger partial charge is 0.406 e. The van der Waals surface area contributed by atoms with Gasteiger partial charge in [-0.1, -0.05) is 6.07 Å². The molecule has 0 aliphatic carbocycles. The molecule has 0 aliphatic heterocycles. The normalized spacial score (nSPS) is 12.7. The van der Waals surface area contributed by atoms with Crippen molar-refractivity contribution in [2.75, 3.05) is 0 Å². The minimum Gasteiger partial charge on any atom is -0.406 e. The topological polar surface area (TPSA) is 9.23 Å². The standard InChI is InChI=1S/C9H6F6O/c1-5-2-3-6(16-9(13,14)15)4-7(5)8(10,11)12/h2-4H,1H3. The number of benzene rings is 1. The fourth-order valence-electron chi connectivity index (χ4n) is 1.10. The summed E-state index contributed by atoms with van der Waals surface area (Å²) in [6.07, 6.45) is -9.70. The average Bonchev–Trinajstić information content (AvgIpc) is 2.04. The van der Waals surface area contributed by atoms with Crippen molar-refractivity contribution in [2.24, 2.45) is 0 Å². The van der Waals surface area contributed by atoms with Crippen LogP contribution in [0, 0.1) is 6.92 Å². The lowest BCUT2D eigenvalue weighted by atomic mass is 10.1. The van der Waals surface area contributed by atoms with E-state index in [1.165, 1.54) is 0 Å². The molecule has 1 rings (SSSR count). The molecule has 1 nitrogen and oxygen atoms in total. The van der Waals surface area contributed by atoms with Crippen LogP contribution in [-0.2, 0) is 6.18 Å². The Morgan fingerprint density at radius 1 is 1.00 bits per heavy atom. The Labute approximate surface area is 86.6 Å². The Balaban J connectivity index is 3.09. The number of hydrogen-bond donors (Lipinski definition) is 0. The largest absolute Gasteiger partial charge is 0.573 e. The van der Waals surface area contributed by atoms with Crippen molar-refractivity contribution in [1.82, 2.24) is 0 Å². The Kier molecular flexibility index (Phi) is 3.07. The molecule has 0 amide bonds. The summed E-state index contributed by atoms with van der Waals surface area (Å²) in [5.74, 6) is -0.884. The third-order valence-electron chi connectivity index (χ3n) is 1.75. The van der Waals surface area contributed by atoms with E-state index in [-0.39, 0.29) is 5.56 Å². The van der Waals surface area contributed by atoms with Gasteiger partial charge in [-0.25, -0.2) is 0 Å². The SMILES string of the molecule is Cc1ccc(OC(F)(F)F)cc1C(F)(F)F. The molecule has 0 radical (unpaired) electrons. The van der Waals surface area contributed by atoms with Gasteiger partial charge in [0.2, 0.25) is 0 Å². The highest BCUT2D eigenvalue weighted by Gasteiger charge is 2.35. The summed E-state index contributed by atoms with van der Waals surface area (Å²) in [5, 5.41) is 0. The molecule has 0 atom stereocenters. The van der Waals surface area contributed by atoms with Crippen molar-refractivity contribution in [1.29, 1.82) is 0 Å². The van der Waals surface area contributed by atoms with E-state index in [9.17, 15) is 26.3 Å². The Morgan fingerprint density at radius 3 is 2.00 bits per heavy atom. The Bertz CT molecular complexity index is 379. The first-order valence-corrected chi connectivity index (χ1v) is 4.03. The first-order chi connectivity index (χ1) is 7.09. The summed E-state index contributed by atoms with van der Waals surface area (Å²) in [5.41, 5.74) is -1.31. The maximum atomic E-state index is 12.3. The lowest BCUT2D eigenvalue weighted by Crippen LogP contribution is -2.18. The summed E-state index contributed by atoms with van der Waals surface area (Å²) in [6.45, 7) is 1.15. The molecule has 0 bridgehead atoms. The van der Waals surface area contributed by atoms with Crippen molar-refractivity contribution < 1.29 is 31.1 Å². The van der Waals surface area contributed by atoms with Crippen LogP contribution in [0.3, 0.4) is 0 Å². The van der Waals surface area contributed by atoms with Crippen LogP contribution in [0.1, 0.15) is 11.1 Å². The predicted octanol–water partition coefficient (Wildman–Crippen LogP) is 3.91. The van der Waals surface area contributed by atoms with E-state index in [1.807, 2.05) is 0 Å². The first-order valence-electron chi connectivity index (χ1n) is 4.03. The molecule has 0 saturated carbocycles. The predicted molar refractivity (Wildman–Crippen MR) is 42.9 cm³/mol. The van der Waals surface area contributed by atoms with Crippen molar-refractivity contribution in [3.8, 4) is 5.75 Å². The average molecular weight is 244 g/mol. The first kappa shape index (κ1) is 12.7. The highest BCUT2D eigenvalue weighted by Crippen LogP contribution is 2.35. The van der Waals surface area contributed by atoms with Gasteiger partial charge in [-0.05, 0) is 24.6 Å². The van der Waals surface area contributed by atoms with E-state index < -0.39 is 23.9 Å². The number of rotatable bonds is 1. The van der Waals surface area contributed by atoms with Crippen LogP contribution in [0.25, 0.3) is 0 Å². The highest BCUT2D eigenvalue weighted by atomic mass is 19.4. The minimum absolute atomic E-state index is 0.165. The summed E-state index contributed by atoms with van der Waals surface area (Å²) >= 11 is 0. The molecule has 0 N–H and O–H groups in total. The Morgan fingerprint density at radius 2 is 1.56 bits per heavy atom. The zero-order valence-corrected chi connectivity index (χ0v) is 7.91. The van der Waals surface area contributed by atoms with Crippen molar-refractivity contribution in [3.63, 3.8) is 0 Å². The van der Waals surface area contributed by atoms with Crippen LogP contribution in [0.2, 0.25) is 0 Å². The van der Waals surface area contributed by atoms with Gasteiger partial charge in [0, 0.05) is 0 Å². The van der Waals surface area contributed by atoms with E-state index in [0.717, 1.165) is 19.1 Å². The van der Waals surface area contributed by atoms with Crippen LogP contribution in [-0.4, -0.2) is 6.36 Å². The number of aryl methyl sites for hydroxylation is 1. The fraction of sp³-hybridized carbons (Fsp3) is 0.333.